The number of piperidine rings is 1. The van der Waals surface area contributed by atoms with Gasteiger partial charge in [0.15, 0.2) is 11.0 Å². The molecular formula is C12H15ClN4O2. The summed E-state index contributed by atoms with van der Waals surface area (Å²) in [5, 5.41) is 17.4. The van der Waals surface area contributed by atoms with Gasteiger partial charge in [-0.15, -0.1) is 10.2 Å². The van der Waals surface area contributed by atoms with Gasteiger partial charge in [0.05, 0.1) is 6.04 Å². The molecular weight excluding hydrogens is 268 g/mol. The molecule has 102 valence electrons. The molecule has 0 aliphatic carbocycles. The maximum Gasteiger partial charge on any atom is 0.407 e. The number of likely N-dealkylation sites (tertiary alicyclic amines) is 1. The maximum atomic E-state index is 11.1. The summed E-state index contributed by atoms with van der Waals surface area (Å²) in [5.41, 5.74) is 0. The fraction of sp³-hybridized carbons (Fsp3) is 0.583. The molecule has 0 aromatic carbocycles. The number of carboxylic acid groups (broad SMARTS) is 1. The molecule has 3 heterocycles. The highest BCUT2D eigenvalue weighted by Crippen LogP contribution is 2.34. The smallest absolute Gasteiger partial charge is 0.407 e. The molecule has 3 rings (SSSR count). The van der Waals surface area contributed by atoms with E-state index in [1.165, 1.54) is 4.90 Å². The monoisotopic (exact) mass is 282 g/mol. The summed E-state index contributed by atoms with van der Waals surface area (Å²) in [5.74, 6) is 1.33. The van der Waals surface area contributed by atoms with Gasteiger partial charge in [-0.1, -0.05) is 11.6 Å². The number of fused-ring (bicyclic) bond motifs is 1. The summed E-state index contributed by atoms with van der Waals surface area (Å²) in [7, 11) is 0. The molecule has 19 heavy (non-hydrogen) atoms. The molecule has 0 saturated carbocycles. The molecule has 1 amide bonds. The molecule has 2 saturated heterocycles. The summed E-state index contributed by atoms with van der Waals surface area (Å²) in [6.45, 7) is 2.08. The Labute approximate surface area is 116 Å². The number of amides is 1. The second-order valence-electron chi connectivity index (χ2n) is 5.04. The minimum Gasteiger partial charge on any atom is -0.465 e. The second-order valence-corrected chi connectivity index (χ2v) is 5.43. The van der Waals surface area contributed by atoms with E-state index >= 15 is 0 Å². The van der Waals surface area contributed by atoms with Crippen molar-refractivity contribution in [2.24, 2.45) is 5.92 Å². The molecule has 7 heteroatoms. The third-order valence-corrected chi connectivity index (χ3v) is 4.25. The molecule has 2 atom stereocenters. The lowest BCUT2D eigenvalue weighted by Gasteiger charge is -2.37. The molecule has 2 fully saturated rings. The number of nitrogens with zero attached hydrogens (tertiary/aromatic N) is 4. The van der Waals surface area contributed by atoms with E-state index in [2.05, 4.69) is 15.1 Å². The van der Waals surface area contributed by atoms with Crippen molar-refractivity contribution in [3.8, 4) is 0 Å². The SMILES string of the molecule is O=C(O)N1CCC2CCN(c3ccc(Cl)nn3)C2C1. The number of rotatable bonds is 1. The van der Waals surface area contributed by atoms with E-state index < -0.39 is 6.09 Å². The first-order valence-corrected chi connectivity index (χ1v) is 6.76. The highest BCUT2D eigenvalue weighted by Gasteiger charge is 2.40. The number of carbonyl (C=O) groups is 1. The van der Waals surface area contributed by atoms with Crippen LogP contribution in [0, 0.1) is 5.92 Å². The molecule has 0 bridgehead atoms. The van der Waals surface area contributed by atoms with Gasteiger partial charge >= 0.3 is 6.09 Å². The summed E-state index contributed by atoms with van der Waals surface area (Å²) >= 11 is 5.74. The summed E-state index contributed by atoms with van der Waals surface area (Å²) in [6, 6.07) is 3.77. The van der Waals surface area contributed by atoms with Gasteiger partial charge in [-0.2, -0.15) is 0 Å². The maximum absolute atomic E-state index is 11.1. The Bertz CT molecular complexity index is 481. The Morgan fingerprint density at radius 1 is 1.32 bits per heavy atom. The lowest BCUT2D eigenvalue weighted by atomic mass is 9.92. The van der Waals surface area contributed by atoms with E-state index in [-0.39, 0.29) is 6.04 Å². The van der Waals surface area contributed by atoms with Gasteiger partial charge in [0.1, 0.15) is 0 Å². The van der Waals surface area contributed by atoms with Crippen LogP contribution in [0.1, 0.15) is 12.8 Å². The van der Waals surface area contributed by atoms with E-state index in [4.69, 9.17) is 16.7 Å². The van der Waals surface area contributed by atoms with E-state index in [0.717, 1.165) is 25.2 Å². The molecule has 1 aromatic rings. The van der Waals surface area contributed by atoms with Crippen LogP contribution in [0.4, 0.5) is 10.6 Å². The van der Waals surface area contributed by atoms with Crippen LogP contribution in [-0.2, 0) is 0 Å². The van der Waals surface area contributed by atoms with E-state index in [0.29, 0.717) is 24.2 Å². The Morgan fingerprint density at radius 2 is 2.11 bits per heavy atom. The zero-order valence-corrected chi connectivity index (χ0v) is 11.1. The van der Waals surface area contributed by atoms with Crippen molar-refractivity contribution in [3.05, 3.63) is 17.3 Å². The molecule has 2 unspecified atom stereocenters. The van der Waals surface area contributed by atoms with Crippen molar-refractivity contribution in [3.63, 3.8) is 0 Å². The first kappa shape index (κ1) is 12.5. The average molecular weight is 283 g/mol. The van der Waals surface area contributed by atoms with Gasteiger partial charge in [-0.3, -0.25) is 0 Å². The first-order chi connectivity index (χ1) is 9.15. The number of hydrogen-bond acceptors (Lipinski definition) is 4. The van der Waals surface area contributed by atoms with Gasteiger partial charge < -0.3 is 14.9 Å². The second kappa shape index (κ2) is 4.85. The number of anilines is 1. The number of halogens is 1. The molecule has 2 aliphatic heterocycles. The number of hydrogen-bond donors (Lipinski definition) is 1. The molecule has 0 spiro atoms. The minimum atomic E-state index is -0.840. The lowest BCUT2D eigenvalue weighted by molar-refractivity contribution is 0.121. The topological polar surface area (TPSA) is 69.6 Å². The Balaban J connectivity index is 1.80. The third-order valence-electron chi connectivity index (χ3n) is 4.05. The Hall–Kier alpha value is -1.56. The fourth-order valence-corrected chi connectivity index (χ4v) is 3.16. The summed E-state index contributed by atoms with van der Waals surface area (Å²) < 4.78 is 0. The van der Waals surface area contributed by atoms with Crippen LogP contribution in [0.5, 0.6) is 0 Å². The predicted octanol–water partition coefficient (Wildman–Crippen LogP) is 1.71. The van der Waals surface area contributed by atoms with Gasteiger partial charge in [0, 0.05) is 19.6 Å². The van der Waals surface area contributed by atoms with Crippen LogP contribution >= 0.6 is 11.6 Å². The van der Waals surface area contributed by atoms with Crippen LogP contribution in [-0.4, -0.2) is 52.0 Å². The zero-order valence-electron chi connectivity index (χ0n) is 10.4. The van der Waals surface area contributed by atoms with E-state index in [1.54, 1.807) is 6.07 Å². The summed E-state index contributed by atoms with van der Waals surface area (Å²) in [6.07, 6.45) is 1.17. The van der Waals surface area contributed by atoms with Crippen molar-refractivity contribution < 1.29 is 9.90 Å². The van der Waals surface area contributed by atoms with Gasteiger partial charge in [0.2, 0.25) is 0 Å². The molecule has 0 radical (unpaired) electrons. The normalized spacial score (nSPS) is 26.4. The first-order valence-electron chi connectivity index (χ1n) is 6.39. The van der Waals surface area contributed by atoms with E-state index in [9.17, 15) is 4.79 Å². The molecule has 6 nitrogen and oxygen atoms in total. The predicted molar refractivity (Wildman–Crippen MR) is 70.5 cm³/mol. The fourth-order valence-electron chi connectivity index (χ4n) is 3.06. The van der Waals surface area contributed by atoms with Crippen LogP contribution < -0.4 is 4.90 Å². The van der Waals surface area contributed by atoms with E-state index in [1.807, 2.05) is 6.07 Å². The Morgan fingerprint density at radius 3 is 2.79 bits per heavy atom. The Kier molecular flexibility index (Phi) is 3.18. The minimum absolute atomic E-state index is 0.209. The van der Waals surface area contributed by atoms with Crippen LogP contribution in [0.15, 0.2) is 12.1 Å². The van der Waals surface area contributed by atoms with Crippen LogP contribution in [0.25, 0.3) is 0 Å². The quantitative estimate of drug-likeness (QED) is 0.849. The van der Waals surface area contributed by atoms with Gasteiger partial charge in [0.25, 0.3) is 0 Å². The lowest BCUT2D eigenvalue weighted by Crippen LogP contribution is -2.50. The van der Waals surface area contributed by atoms with Crippen molar-refractivity contribution >= 4 is 23.5 Å². The average Bonchev–Trinajstić information content (AvgIpc) is 2.82. The van der Waals surface area contributed by atoms with Gasteiger partial charge in [-0.05, 0) is 30.9 Å². The molecule has 1 aromatic heterocycles. The van der Waals surface area contributed by atoms with Crippen molar-refractivity contribution in [2.45, 2.75) is 18.9 Å². The molecule has 2 aliphatic rings. The standard InChI is InChI=1S/C12H15ClN4O2/c13-10-1-2-11(15-14-10)17-6-4-8-3-5-16(12(18)19)7-9(8)17/h1-2,8-9H,3-7H2,(H,18,19). The third kappa shape index (κ3) is 2.32. The van der Waals surface area contributed by atoms with Gasteiger partial charge in [-0.25, -0.2) is 4.79 Å². The van der Waals surface area contributed by atoms with Crippen molar-refractivity contribution in [1.82, 2.24) is 15.1 Å². The van der Waals surface area contributed by atoms with Crippen LogP contribution in [0.2, 0.25) is 5.15 Å². The summed E-state index contributed by atoms with van der Waals surface area (Å²) in [4.78, 5) is 14.7. The highest BCUT2D eigenvalue weighted by atomic mass is 35.5. The molecule has 1 N–H and O–H groups in total. The number of aromatic nitrogens is 2. The zero-order chi connectivity index (χ0) is 13.4. The van der Waals surface area contributed by atoms with Crippen LogP contribution in [0.3, 0.4) is 0 Å². The van der Waals surface area contributed by atoms with Crippen molar-refractivity contribution in [1.29, 1.82) is 0 Å². The largest absolute Gasteiger partial charge is 0.465 e. The van der Waals surface area contributed by atoms with Crippen molar-refractivity contribution in [2.75, 3.05) is 24.5 Å². The highest BCUT2D eigenvalue weighted by molar-refractivity contribution is 6.29.